The average Bonchev–Trinajstić information content (AvgIpc) is 2.83. The van der Waals surface area contributed by atoms with Crippen molar-refractivity contribution in [3.8, 4) is 0 Å². The van der Waals surface area contributed by atoms with Crippen LogP contribution in [-0.2, 0) is 7.05 Å². The highest BCUT2D eigenvalue weighted by Gasteiger charge is 2.12. The molecular weight excluding hydrogens is 272 g/mol. The third kappa shape index (κ3) is 1.38. The third-order valence-electron chi connectivity index (χ3n) is 3.77. The molecule has 0 radical (unpaired) electrons. The first-order valence-corrected chi connectivity index (χ1v) is 6.73. The molecule has 0 N–H and O–H groups in total. The fourth-order valence-electron chi connectivity index (χ4n) is 2.81. The number of benzene rings is 2. The Hall–Kier alpha value is -2.26. The summed E-state index contributed by atoms with van der Waals surface area (Å²) in [6.07, 6.45) is 0. The molecule has 20 heavy (non-hydrogen) atoms. The van der Waals surface area contributed by atoms with Crippen LogP contribution in [0.1, 0.15) is 0 Å². The van der Waals surface area contributed by atoms with E-state index in [2.05, 4.69) is 0 Å². The molecule has 0 aliphatic rings. The molecule has 2 aromatic carbocycles. The van der Waals surface area contributed by atoms with E-state index < -0.39 is 0 Å². The molecule has 0 atom stereocenters. The molecule has 0 unspecified atom stereocenters. The van der Waals surface area contributed by atoms with E-state index in [0.29, 0.717) is 10.5 Å². The maximum atomic E-state index is 12.5. The molecule has 0 aliphatic carbocycles. The average molecular weight is 283 g/mol. The van der Waals surface area contributed by atoms with Crippen molar-refractivity contribution >= 4 is 39.1 Å². The number of hydrogen-bond acceptors (Lipinski definition) is 1. The van der Waals surface area contributed by atoms with Gasteiger partial charge in [-0.05, 0) is 30.3 Å². The smallest absolute Gasteiger partial charge is 0.275 e. The molecule has 98 valence electrons. The molecule has 0 amide bonds. The van der Waals surface area contributed by atoms with Gasteiger partial charge in [0.05, 0.1) is 16.6 Å². The number of fused-ring (bicyclic) bond motifs is 5. The second-order valence-electron chi connectivity index (χ2n) is 4.92. The van der Waals surface area contributed by atoms with E-state index in [4.69, 9.17) is 11.6 Å². The Kier molecular flexibility index (Phi) is 2.24. The molecule has 4 aromatic rings. The van der Waals surface area contributed by atoms with Gasteiger partial charge in [0.25, 0.3) is 5.56 Å². The first kappa shape index (κ1) is 11.6. The lowest BCUT2D eigenvalue weighted by Crippen LogP contribution is -2.19. The second-order valence-corrected chi connectivity index (χ2v) is 5.36. The van der Waals surface area contributed by atoms with Crippen LogP contribution >= 0.6 is 11.6 Å². The summed E-state index contributed by atoms with van der Waals surface area (Å²) < 4.78 is 3.67. The quantitative estimate of drug-likeness (QED) is 0.484. The van der Waals surface area contributed by atoms with Crippen LogP contribution in [0.25, 0.3) is 27.5 Å². The molecule has 0 fully saturated rings. The van der Waals surface area contributed by atoms with Gasteiger partial charge in [-0.2, -0.15) is 0 Å². The maximum Gasteiger partial charge on any atom is 0.275 e. The highest BCUT2D eigenvalue weighted by molar-refractivity contribution is 6.31. The summed E-state index contributed by atoms with van der Waals surface area (Å²) in [6.45, 7) is 0. The van der Waals surface area contributed by atoms with Crippen molar-refractivity contribution < 1.29 is 0 Å². The van der Waals surface area contributed by atoms with E-state index in [1.54, 1.807) is 11.6 Å². The molecular formula is C16H11ClN2O. The van der Waals surface area contributed by atoms with Gasteiger partial charge in [0.1, 0.15) is 5.52 Å². The van der Waals surface area contributed by atoms with Crippen molar-refractivity contribution in [1.29, 1.82) is 0 Å². The summed E-state index contributed by atoms with van der Waals surface area (Å²) in [7, 11) is 1.80. The standard InChI is InChI=1S/C16H11ClN2O/c1-18-12-4-2-3-5-13(12)19-14-9-11(17)7-6-10(14)8-15(19)16(18)20/h2-9H,1H3. The van der Waals surface area contributed by atoms with Crippen molar-refractivity contribution in [1.82, 2.24) is 8.97 Å². The Morgan fingerprint density at radius 2 is 1.65 bits per heavy atom. The molecule has 2 heterocycles. The van der Waals surface area contributed by atoms with E-state index in [9.17, 15) is 4.79 Å². The zero-order valence-electron chi connectivity index (χ0n) is 10.8. The van der Waals surface area contributed by atoms with E-state index in [0.717, 1.165) is 21.9 Å². The minimum absolute atomic E-state index is 0.00368. The van der Waals surface area contributed by atoms with Crippen LogP contribution in [0.5, 0.6) is 0 Å². The third-order valence-corrected chi connectivity index (χ3v) is 4.01. The fraction of sp³-hybridized carbons (Fsp3) is 0.0625. The SMILES string of the molecule is Cn1c(=O)c2cc3ccc(Cl)cc3n2c2ccccc21. The summed E-state index contributed by atoms with van der Waals surface area (Å²) >= 11 is 6.10. The van der Waals surface area contributed by atoms with Crippen LogP contribution < -0.4 is 5.56 Å². The molecule has 4 heteroatoms. The lowest BCUT2D eigenvalue weighted by Gasteiger charge is -2.08. The Morgan fingerprint density at radius 1 is 0.900 bits per heavy atom. The molecule has 0 bridgehead atoms. The van der Waals surface area contributed by atoms with Crippen LogP contribution in [0.3, 0.4) is 0 Å². The zero-order chi connectivity index (χ0) is 13.9. The first-order chi connectivity index (χ1) is 9.66. The maximum absolute atomic E-state index is 12.5. The lowest BCUT2D eigenvalue weighted by atomic mass is 10.2. The summed E-state index contributed by atoms with van der Waals surface area (Å²) in [5, 5.41) is 1.69. The summed E-state index contributed by atoms with van der Waals surface area (Å²) in [6, 6.07) is 15.5. The summed E-state index contributed by atoms with van der Waals surface area (Å²) in [5.74, 6) is 0. The number of halogens is 1. The Bertz CT molecular complexity index is 1040. The van der Waals surface area contributed by atoms with Gasteiger partial charge in [0.15, 0.2) is 0 Å². The van der Waals surface area contributed by atoms with Gasteiger partial charge in [-0.1, -0.05) is 29.8 Å². The Balaban J connectivity index is 2.44. The number of rotatable bonds is 0. The number of nitrogens with zero attached hydrogens (tertiary/aromatic N) is 2. The van der Waals surface area contributed by atoms with E-state index in [1.807, 2.05) is 52.9 Å². The largest absolute Gasteiger partial charge is 0.308 e. The van der Waals surface area contributed by atoms with Crippen LogP contribution in [0.4, 0.5) is 0 Å². The zero-order valence-corrected chi connectivity index (χ0v) is 11.6. The number of para-hydroxylation sites is 2. The van der Waals surface area contributed by atoms with E-state index in [-0.39, 0.29) is 5.56 Å². The van der Waals surface area contributed by atoms with Gasteiger partial charge >= 0.3 is 0 Å². The summed E-state index contributed by atoms with van der Waals surface area (Å²) in [5.41, 5.74) is 3.53. The molecule has 0 spiro atoms. The van der Waals surface area contributed by atoms with Crippen molar-refractivity contribution in [2.45, 2.75) is 0 Å². The van der Waals surface area contributed by atoms with Crippen LogP contribution in [-0.4, -0.2) is 8.97 Å². The molecule has 0 aliphatic heterocycles. The van der Waals surface area contributed by atoms with Crippen LogP contribution in [0.15, 0.2) is 53.3 Å². The van der Waals surface area contributed by atoms with Gasteiger partial charge in [-0.25, -0.2) is 0 Å². The summed E-state index contributed by atoms with van der Waals surface area (Å²) in [4.78, 5) is 12.5. The monoisotopic (exact) mass is 282 g/mol. The highest BCUT2D eigenvalue weighted by Crippen LogP contribution is 2.25. The van der Waals surface area contributed by atoms with Gasteiger partial charge in [-0.3, -0.25) is 4.79 Å². The van der Waals surface area contributed by atoms with Crippen molar-refractivity contribution in [2.75, 3.05) is 0 Å². The topological polar surface area (TPSA) is 26.4 Å². The predicted octanol–water partition coefficient (Wildman–Crippen LogP) is 3.60. The van der Waals surface area contributed by atoms with Gasteiger partial charge in [0, 0.05) is 17.5 Å². The first-order valence-electron chi connectivity index (χ1n) is 6.35. The minimum Gasteiger partial charge on any atom is -0.308 e. The van der Waals surface area contributed by atoms with Crippen molar-refractivity contribution in [3.05, 3.63) is 63.9 Å². The van der Waals surface area contributed by atoms with E-state index >= 15 is 0 Å². The van der Waals surface area contributed by atoms with Crippen molar-refractivity contribution in [3.63, 3.8) is 0 Å². The highest BCUT2D eigenvalue weighted by atomic mass is 35.5. The molecule has 0 saturated heterocycles. The fourth-order valence-corrected chi connectivity index (χ4v) is 2.98. The van der Waals surface area contributed by atoms with Gasteiger partial charge in [0.2, 0.25) is 0 Å². The Morgan fingerprint density at radius 3 is 2.45 bits per heavy atom. The van der Waals surface area contributed by atoms with Gasteiger partial charge in [-0.15, -0.1) is 0 Å². The van der Waals surface area contributed by atoms with Crippen molar-refractivity contribution in [2.24, 2.45) is 7.05 Å². The number of aryl methyl sites for hydroxylation is 1. The molecule has 4 rings (SSSR count). The lowest BCUT2D eigenvalue weighted by molar-refractivity contribution is 0.902. The second kappa shape index (κ2) is 3.87. The molecule has 0 saturated carbocycles. The Labute approximate surface area is 119 Å². The van der Waals surface area contributed by atoms with Crippen LogP contribution in [0, 0.1) is 0 Å². The normalized spacial score (nSPS) is 11.7. The predicted molar refractivity (Wildman–Crippen MR) is 82.7 cm³/mol. The van der Waals surface area contributed by atoms with E-state index in [1.165, 1.54) is 0 Å². The molecule has 3 nitrogen and oxygen atoms in total. The molecule has 2 aromatic heterocycles. The van der Waals surface area contributed by atoms with Crippen LogP contribution in [0.2, 0.25) is 5.02 Å². The van der Waals surface area contributed by atoms with Gasteiger partial charge < -0.3 is 8.97 Å². The minimum atomic E-state index is -0.00368. The number of hydrogen-bond donors (Lipinski definition) is 0. The number of aromatic nitrogens is 2.